The lowest BCUT2D eigenvalue weighted by molar-refractivity contribution is 0.340. The van der Waals surface area contributed by atoms with Gasteiger partial charge < -0.3 is 10.6 Å². The van der Waals surface area contributed by atoms with Gasteiger partial charge in [0.05, 0.1) is 18.2 Å². The third kappa shape index (κ3) is 3.92. The SMILES string of the molecule is CCOc1ccc(-c2nnc(SCc3cccc(C#N)c3)n2N)cc1. The minimum atomic E-state index is 0.594. The van der Waals surface area contributed by atoms with Gasteiger partial charge >= 0.3 is 0 Å². The third-order valence-electron chi connectivity index (χ3n) is 3.51. The molecule has 6 nitrogen and oxygen atoms in total. The van der Waals surface area contributed by atoms with Crippen LogP contribution in [0.5, 0.6) is 5.75 Å². The molecular weight excluding hydrogens is 334 g/mol. The highest BCUT2D eigenvalue weighted by Gasteiger charge is 2.12. The van der Waals surface area contributed by atoms with E-state index in [1.54, 1.807) is 6.07 Å². The number of benzene rings is 2. The van der Waals surface area contributed by atoms with E-state index in [1.165, 1.54) is 16.4 Å². The van der Waals surface area contributed by atoms with Crippen molar-refractivity contribution in [2.45, 2.75) is 17.8 Å². The summed E-state index contributed by atoms with van der Waals surface area (Å²) >= 11 is 1.48. The highest BCUT2D eigenvalue weighted by molar-refractivity contribution is 7.98. The Bertz CT molecular complexity index is 899. The number of thioether (sulfide) groups is 1. The monoisotopic (exact) mass is 351 g/mol. The smallest absolute Gasteiger partial charge is 0.210 e. The molecule has 1 aromatic heterocycles. The van der Waals surface area contributed by atoms with E-state index in [-0.39, 0.29) is 0 Å². The summed E-state index contributed by atoms with van der Waals surface area (Å²) in [6.45, 7) is 2.57. The van der Waals surface area contributed by atoms with Crippen LogP contribution < -0.4 is 10.6 Å². The number of aromatic nitrogens is 3. The van der Waals surface area contributed by atoms with Crippen molar-refractivity contribution in [3.05, 3.63) is 59.7 Å². The fourth-order valence-electron chi connectivity index (χ4n) is 2.32. The summed E-state index contributed by atoms with van der Waals surface area (Å²) in [6, 6.07) is 17.2. The molecule has 2 N–H and O–H groups in total. The molecule has 0 aliphatic rings. The summed E-state index contributed by atoms with van der Waals surface area (Å²) < 4.78 is 6.92. The van der Waals surface area contributed by atoms with Gasteiger partial charge in [-0.3, -0.25) is 0 Å². The lowest BCUT2D eigenvalue weighted by atomic mass is 10.2. The molecule has 0 bridgehead atoms. The average Bonchev–Trinajstić information content (AvgIpc) is 3.02. The normalized spacial score (nSPS) is 10.4. The zero-order chi connectivity index (χ0) is 17.6. The van der Waals surface area contributed by atoms with E-state index in [4.69, 9.17) is 15.8 Å². The van der Waals surface area contributed by atoms with Gasteiger partial charge in [-0.15, -0.1) is 10.2 Å². The first-order valence-electron chi connectivity index (χ1n) is 7.77. The Morgan fingerprint density at radius 3 is 2.72 bits per heavy atom. The van der Waals surface area contributed by atoms with Crippen LogP contribution in [0.4, 0.5) is 0 Å². The van der Waals surface area contributed by atoms with E-state index in [1.807, 2.05) is 49.4 Å². The minimum Gasteiger partial charge on any atom is -0.494 e. The van der Waals surface area contributed by atoms with E-state index in [9.17, 15) is 0 Å². The van der Waals surface area contributed by atoms with Crippen LogP contribution in [-0.4, -0.2) is 21.5 Å². The first kappa shape index (κ1) is 16.9. The predicted octanol–water partition coefficient (Wildman–Crippen LogP) is 3.22. The number of hydrogen-bond acceptors (Lipinski definition) is 6. The van der Waals surface area contributed by atoms with Crippen LogP contribution in [0.1, 0.15) is 18.1 Å². The maximum absolute atomic E-state index is 8.96. The quantitative estimate of drug-likeness (QED) is 0.542. The molecule has 126 valence electrons. The molecule has 0 radical (unpaired) electrons. The Morgan fingerprint density at radius 2 is 2.00 bits per heavy atom. The van der Waals surface area contributed by atoms with E-state index in [0.717, 1.165) is 16.9 Å². The van der Waals surface area contributed by atoms with E-state index < -0.39 is 0 Å². The maximum atomic E-state index is 8.96. The number of ether oxygens (including phenoxy) is 1. The number of hydrogen-bond donors (Lipinski definition) is 1. The maximum Gasteiger partial charge on any atom is 0.210 e. The molecule has 1 heterocycles. The van der Waals surface area contributed by atoms with Crippen molar-refractivity contribution in [2.75, 3.05) is 12.4 Å². The topological polar surface area (TPSA) is 89.8 Å². The van der Waals surface area contributed by atoms with Gasteiger partial charge in [-0.05, 0) is 48.9 Å². The van der Waals surface area contributed by atoms with Crippen molar-refractivity contribution >= 4 is 11.8 Å². The van der Waals surface area contributed by atoms with Crippen molar-refractivity contribution in [1.82, 2.24) is 14.9 Å². The second-order valence-electron chi connectivity index (χ2n) is 5.23. The number of nitrogens with zero attached hydrogens (tertiary/aromatic N) is 4. The Balaban J connectivity index is 1.73. The van der Waals surface area contributed by atoms with Gasteiger partial charge in [0.25, 0.3) is 0 Å². The molecule has 0 fully saturated rings. The predicted molar refractivity (Wildman–Crippen MR) is 97.5 cm³/mol. The van der Waals surface area contributed by atoms with Gasteiger partial charge in [0.1, 0.15) is 5.75 Å². The third-order valence-corrected chi connectivity index (χ3v) is 4.53. The van der Waals surface area contributed by atoms with Crippen LogP contribution in [0.25, 0.3) is 11.4 Å². The van der Waals surface area contributed by atoms with Crippen molar-refractivity contribution in [1.29, 1.82) is 5.26 Å². The fourth-order valence-corrected chi connectivity index (χ4v) is 3.12. The molecule has 7 heteroatoms. The summed E-state index contributed by atoms with van der Waals surface area (Å²) in [5.41, 5.74) is 2.55. The molecule has 0 saturated heterocycles. The largest absolute Gasteiger partial charge is 0.494 e. The Hall–Kier alpha value is -2.98. The molecule has 3 aromatic rings. The van der Waals surface area contributed by atoms with Crippen molar-refractivity contribution in [3.63, 3.8) is 0 Å². The molecule has 0 amide bonds. The molecule has 0 saturated carbocycles. The minimum absolute atomic E-state index is 0.594. The van der Waals surface area contributed by atoms with Gasteiger partial charge in [-0.25, -0.2) is 4.68 Å². The standard InChI is InChI=1S/C18H17N5OS/c1-2-24-16-8-6-15(7-9-16)17-21-22-18(23(17)20)25-12-14-5-3-4-13(10-14)11-19/h3-10H,2,12,20H2,1H3. The zero-order valence-electron chi connectivity index (χ0n) is 13.7. The number of nitrogen functional groups attached to an aromatic ring is 1. The summed E-state index contributed by atoms with van der Waals surface area (Å²) in [7, 11) is 0. The first-order valence-corrected chi connectivity index (χ1v) is 8.75. The van der Waals surface area contributed by atoms with Crippen LogP contribution in [-0.2, 0) is 5.75 Å². The molecular formula is C18H17N5OS. The molecule has 25 heavy (non-hydrogen) atoms. The van der Waals surface area contributed by atoms with Crippen LogP contribution in [0.15, 0.2) is 53.7 Å². The van der Waals surface area contributed by atoms with Crippen molar-refractivity contribution in [3.8, 4) is 23.2 Å². The Morgan fingerprint density at radius 1 is 1.20 bits per heavy atom. The Kier molecular flexibility index (Phi) is 5.21. The second kappa shape index (κ2) is 7.73. The molecule has 0 unspecified atom stereocenters. The molecule has 0 aliphatic carbocycles. The van der Waals surface area contributed by atoms with Crippen molar-refractivity contribution < 1.29 is 4.74 Å². The lowest BCUT2D eigenvalue weighted by Crippen LogP contribution is -2.11. The van der Waals surface area contributed by atoms with E-state index >= 15 is 0 Å². The van der Waals surface area contributed by atoms with Gasteiger partial charge in [-0.1, -0.05) is 23.9 Å². The molecule has 0 atom stereocenters. The zero-order valence-corrected chi connectivity index (χ0v) is 14.5. The summed E-state index contributed by atoms with van der Waals surface area (Å²) in [5, 5.41) is 17.9. The first-order chi connectivity index (χ1) is 12.2. The summed E-state index contributed by atoms with van der Waals surface area (Å²) in [5.74, 6) is 8.20. The van der Waals surface area contributed by atoms with Gasteiger partial charge in [0.2, 0.25) is 5.16 Å². The van der Waals surface area contributed by atoms with Gasteiger partial charge in [-0.2, -0.15) is 5.26 Å². The van der Waals surface area contributed by atoms with Crippen LogP contribution in [0, 0.1) is 11.3 Å². The van der Waals surface area contributed by atoms with Crippen molar-refractivity contribution in [2.24, 2.45) is 0 Å². The van der Waals surface area contributed by atoms with Crippen LogP contribution in [0.3, 0.4) is 0 Å². The van der Waals surface area contributed by atoms with Crippen LogP contribution >= 0.6 is 11.8 Å². The van der Waals surface area contributed by atoms with E-state index in [2.05, 4.69) is 16.3 Å². The number of rotatable bonds is 6. The van der Waals surface area contributed by atoms with Crippen LogP contribution in [0.2, 0.25) is 0 Å². The Labute approximate surface area is 150 Å². The molecule has 3 rings (SSSR count). The average molecular weight is 351 g/mol. The summed E-state index contributed by atoms with van der Waals surface area (Å²) in [4.78, 5) is 0. The number of nitriles is 1. The second-order valence-corrected chi connectivity index (χ2v) is 6.18. The van der Waals surface area contributed by atoms with E-state index in [0.29, 0.717) is 28.9 Å². The van der Waals surface area contributed by atoms with Gasteiger partial charge in [0, 0.05) is 11.3 Å². The molecule has 2 aromatic carbocycles. The fraction of sp³-hybridized carbons (Fsp3) is 0.167. The molecule has 0 aliphatic heterocycles. The number of nitrogens with two attached hydrogens (primary N) is 1. The van der Waals surface area contributed by atoms with Gasteiger partial charge in [0.15, 0.2) is 5.82 Å². The molecule has 0 spiro atoms. The highest BCUT2D eigenvalue weighted by Crippen LogP contribution is 2.25. The lowest BCUT2D eigenvalue weighted by Gasteiger charge is -2.06. The highest BCUT2D eigenvalue weighted by atomic mass is 32.2. The summed E-state index contributed by atoms with van der Waals surface area (Å²) in [6.07, 6.45) is 0.